The van der Waals surface area contributed by atoms with Gasteiger partial charge in [-0.05, 0) is 13.3 Å². The van der Waals surface area contributed by atoms with E-state index < -0.39 is 4.92 Å². The zero-order valence-corrected chi connectivity index (χ0v) is 12.7. The summed E-state index contributed by atoms with van der Waals surface area (Å²) in [6, 6.07) is 4.87. The minimum Gasteiger partial charge on any atom is -0.353 e. The van der Waals surface area contributed by atoms with E-state index in [0.29, 0.717) is 48.9 Å². The third-order valence-corrected chi connectivity index (χ3v) is 3.62. The molecule has 0 atom stereocenters. The molecule has 1 aromatic heterocycles. The summed E-state index contributed by atoms with van der Waals surface area (Å²) in [6.07, 6.45) is 1.84. The van der Waals surface area contributed by atoms with Crippen molar-refractivity contribution >= 4 is 5.69 Å². The van der Waals surface area contributed by atoms with Gasteiger partial charge >= 0.3 is 0 Å². The number of hydrogen-bond acceptors (Lipinski definition) is 7. The van der Waals surface area contributed by atoms with E-state index in [9.17, 15) is 10.1 Å². The third-order valence-electron chi connectivity index (χ3n) is 3.62. The van der Waals surface area contributed by atoms with E-state index in [4.69, 9.17) is 14.0 Å². The summed E-state index contributed by atoms with van der Waals surface area (Å²) >= 11 is 0. The van der Waals surface area contributed by atoms with E-state index in [-0.39, 0.29) is 12.0 Å². The Morgan fingerprint density at radius 1 is 1.35 bits per heavy atom. The van der Waals surface area contributed by atoms with E-state index in [2.05, 4.69) is 10.1 Å². The smallest absolute Gasteiger partial charge is 0.273 e. The number of aryl methyl sites for hydroxylation is 2. The largest absolute Gasteiger partial charge is 0.353 e. The van der Waals surface area contributed by atoms with Crippen molar-refractivity contribution in [3.63, 3.8) is 0 Å². The van der Waals surface area contributed by atoms with Gasteiger partial charge in [0.2, 0.25) is 11.7 Å². The lowest BCUT2D eigenvalue weighted by atomic mass is 10.1. The maximum atomic E-state index is 11.0. The number of aromatic nitrogens is 2. The number of benzene rings is 1. The van der Waals surface area contributed by atoms with Crippen molar-refractivity contribution in [2.75, 3.05) is 13.2 Å². The minimum absolute atomic E-state index is 0.0397. The highest BCUT2D eigenvalue weighted by atomic mass is 16.7. The molecule has 1 saturated heterocycles. The number of hydrogen-bond donors (Lipinski definition) is 0. The molecule has 1 aliphatic heterocycles. The van der Waals surface area contributed by atoms with Crippen molar-refractivity contribution in [2.24, 2.45) is 0 Å². The summed E-state index contributed by atoms with van der Waals surface area (Å²) in [5.74, 6) is 0.801. The van der Waals surface area contributed by atoms with E-state index in [1.165, 1.54) is 6.07 Å². The molecule has 0 aliphatic carbocycles. The molecule has 8 nitrogen and oxygen atoms in total. The number of nitrogens with zero attached hydrogens (tertiary/aromatic N) is 3. The lowest BCUT2D eigenvalue weighted by Crippen LogP contribution is -2.25. The average molecular weight is 319 g/mol. The average Bonchev–Trinajstić information content (AvgIpc) is 3.03. The van der Waals surface area contributed by atoms with E-state index in [1.807, 2.05) is 0 Å². The molecule has 1 fully saturated rings. The van der Waals surface area contributed by atoms with Gasteiger partial charge in [-0.25, -0.2) is 0 Å². The van der Waals surface area contributed by atoms with Crippen LogP contribution in [0.2, 0.25) is 0 Å². The molecule has 2 aromatic rings. The normalized spacial score (nSPS) is 15.7. The molecule has 0 bridgehead atoms. The van der Waals surface area contributed by atoms with Gasteiger partial charge < -0.3 is 14.0 Å². The third kappa shape index (κ3) is 3.72. The Balaban J connectivity index is 1.69. The van der Waals surface area contributed by atoms with Crippen LogP contribution in [0.1, 0.15) is 24.3 Å². The van der Waals surface area contributed by atoms with Gasteiger partial charge in [-0.15, -0.1) is 0 Å². The van der Waals surface area contributed by atoms with Crippen molar-refractivity contribution in [3.8, 4) is 11.4 Å². The number of nitro groups is 1. The van der Waals surface area contributed by atoms with Crippen LogP contribution in [0.15, 0.2) is 22.7 Å². The number of nitro benzene ring substituents is 1. The van der Waals surface area contributed by atoms with Gasteiger partial charge in [0.1, 0.15) is 0 Å². The molecule has 0 unspecified atom stereocenters. The standard InChI is InChI=1S/C15H17N3O5/c1-10-3-4-11(9-12(10)18(19)20)15-16-13(23-17-15)5-6-14-21-7-2-8-22-14/h3-4,9,14H,2,5-8H2,1H3. The molecule has 122 valence electrons. The van der Waals surface area contributed by atoms with E-state index in [0.717, 1.165) is 6.42 Å². The van der Waals surface area contributed by atoms with Crippen LogP contribution in [-0.2, 0) is 15.9 Å². The highest BCUT2D eigenvalue weighted by molar-refractivity contribution is 5.60. The van der Waals surface area contributed by atoms with Gasteiger partial charge in [-0.2, -0.15) is 4.98 Å². The Morgan fingerprint density at radius 2 is 2.13 bits per heavy atom. The first-order chi connectivity index (χ1) is 11.1. The van der Waals surface area contributed by atoms with Crippen molar-refractivity contribution in [2.45, 2.75) is 32.5 Å². The topological polar surface area (TPSA) is 101 Å². The lowest BCUT2D eigenvalue weighted by Gasteiger charge is -2.22. The van der Waals surface area contributed by atoms with Crippen LogP contribution in [0, 0.1) is 17.0 Å². The van der Waals surface area contributed by atoms with Crippen LogP contribution in [0.3, 0.4) is 0 Å². The van der Waals surface area contributed by atoms with E-state index >= 15 is 0 Å². The van der Waals surface area contributed by atoms with E-state index in [1.54, 1.807) is 19.1 Å². The summed E-state index contributed by atoms with van der Waals surface area (Å²) in [7, 11) is 0. The van der Waals surface area contributed by atoms with Crippen LogP contribution >= 0.6 is 0 Å². The molecular weight excluding hydrogens is 302 g/mol. The van der Waals surface area contributed by atoms with Gasteiger partial charge in [0.15, 0.2) is 6.29 Å². The van der Waals surface area contributed by atoms with Crippen molar-refractivity contribution in [1.82, 2.24) is 10.1 Å². The zero-order valence-electron chi connectivity index (χ0n) is 12.7. The Morgan fingerprint density at radius 3 is 2.87 bits per heavy atom. The van der Waals surface area contributed by atoms with Crippen LogP contribution < -0.4 is 0 Å². The molecule has 1 aliphatic rings. The Labute approximate surface area is 132 Å². The summed E-state index contributed by atoms with van der Waals surface area (Å²) in [5, 5.41) is 14.9. The summed E-state index contributed by atoms with van der Waals surface area (Å²) in [4.78, 5) is 14.9. The van der Waals surface area contributed by atoms with Crippen molar-refractivity contribution in [1.29, 1.82) is 0 Å². The monoisotopic (exact) mass is 319 g/mol. The maximum absolute atomic E-state index is 11.0. The van der Waals surface area contributed by atoms with Crippen molar-refractivity contribution in [3.05, 3.63) is 39.8 Å². The Hall–Kier alpha value is -2.32. The molecule has 8 heteroatoms. The van der Waals surface area contributed by atoms with Gasteiger partial charge in [-0.1, -0.05) is 17.3 Å². The minimum atomic E-state index is -0.419. The summed E-state index contributed by atoms with van der Waals surface area (Å²) < 4.78 is 16.1. The Bertz CT molecular complexity index is 694. The molecule has 0 spiro atoms. The van der Waals surface area contributed by atoms with Crippen molar-refractivity contribution < 1.29 is 18.9 Å². The van der Waals surface area contributed by atoms with Crippen LogP contribution in [0.5, 0.6) is 0 Å². The fourth-order valence-corrected chi connectivity index (χ4v) is 2.36. The maximum Gasteiger partial charge on any atom is 0.273 e. The molecule has 23 heavy (non-hydrogen) atoms. The number of rotatable bonds is 5. The molecule has 0 N–H and O–H groups in total. The second-order valence-electron chi connectivity index (χ2n) is 5.33. The van der Waals surface area contributed by atoms with Crippen LogP contribution in [0.25, 0.3) is 11.4 Å². The second-order valence-corrected chi connectivity index (χ2v) is 5.33. The predicted octanol–water partition coefficient (Wildman–Crippen LogP) is 2.65. The zero-order chi connectivity index (χ0) is 16.2. The first kappa shape index (κ1) is 15.6. The highest BCUT2D eigenvalue weighted by Crippen LogP contribution is 2.25. The van der Waals surface area contributed by atoms with Crippen LogP contribution in [0.4, 0.5) is 5.69 Å². The fraction of sp³-hybridized carbons (Fsp3) is 0.467. The molecule has 0 amide bonds. The molecule has 2 heterocycles. The number of ether oxygens (including phenoxy) is 2. The summed E-state index contributed by atoms with van der Waals surface area (Å²) in [6.45, 7) is 3.09. The predicted molar refractivity (Wildman–Crippen MR) is 79.8 cm³/mol. The van der Waals surface area contributed by atoms with Gasteiger partial charge in [0.05, 0.1) is 18.1 Å². The molecule has 1 aromatic carbocycles. The molecule has 0 radical (unpaired) electrons. The van der Waals surface area contributed by atoms with Gasteiger partial charge in [0, 0.05) is 30.0 Å². The fourth-order valence-electron chi connectivity index (χ4n) is 2.36. The molecular formula is C15H17N3O5. The summed E-state index contributed by atoms with van der Waals surface area (Å²) in [5.41, 5.74) is 1.19. The first-order valence-corrected chi connectivity index (χ1v) is 7.44. The lowest BCUT2D eigenvalue weighted by molar-refractivity contribution is -0.385. The quantitative estimate of drug-likeness (QED) is 0.616. The second kappa shape index (κ2) is 6.84. The van der Waals surface area contributed by atoms with Crippen LogP contribution in [-0.4, -0.2) is 34.6 Å². The first-order valence-electron chi connectivity index (χ1n) is 7.44. The van der Waals surface area contributed by atoms with Gasteiger partial charge in [0.25, 0.3) is 5.69 Å². The Kier molecular flexibility index (Phi) is 4.63. The molecule has 3 rings (SSSR count). The molecule has 0 saturated carbocycles. The van der Waals surface area contributed by atoms with Gasteiger partial charge in [-0.3, -0.25) is 10.1 Å². The SMILES string of the molecule is Cc1ccc(-c2noc(CCC3OCCCO3)n2)cc1[N+](=O)[O-]. The highest BCUT2D eigenvalue weighted by Gasteiger charge is 2.18.